The van der Waals surface area contributed by atoms with E-state index in [1.165, 1.54) is 11.1 Å². The van der Waals surface area contributed by atoms with Crippen molar-refractivity contribution >= 4 is 5.97 Å². The molecule has 1 aliphatic heterocycles. The van der Waals surface area contributed by atoms with Crippen LogP contribution < -0.4 is 4.74 Å². The molecule has 1 aliphatic rings. The van der Waals surface area contributed by atoms with Crippen molar-refractivity contribution in [3.8, 4) is 5.75 Å². The minimum absolute atomic E-state index is 0.354. The molecule has 3 aromatic carbocycles. The summed E-state index contributed by atoms with van der Waals surface area (Å²) in [6, 6.07) is 25.8. The second kappa shape index (κ2) is 10.2. The summed E-state index contributed by atoms with van der Waals surface area (Å²) in [6.07, 6.45) is 0. The van der Waals surface area contributed by atoms with E-state index in [0.717, 1.165) is 50.6 Å². The summed E-state index contributed by atoms with van der Waals surface area (Å²) in [7, 11) is 0. The zero-order chi connectivity index (χ0) is 21.5. The average Bonchev–Trinajstić information content (AvgIpc) is 2.81. The molecule has 0 bridgehead atoms. The molecular weight excluding hydrogens is 388 g/mol. The fraction of sp³-hybridized carbons (Fsp3) is 0.269. The van der Waals surface area contributed by atoms with Gasteiger partial charge in [0.25, 0.3) is 0 Å². The van der Waals surface area contributed by atoms with Crippen LogP contribution in [0.5, 0.6) is 5.75 Å². The fourth-order valence-electron chi connectivity index (χ4n) is 3.86. The number of ether oxygens (including phenoxy) is 1. The van der Waals surface area contributed by atoms with Crippen molar-refractivity contribution in [3.05, 3.63) is 101 Å². The monoisotopic (exact) mass is 416 g/mol. The van der Waals surface area contributed by atoms with E-state index in [0.29, 0.717) is 12.2 Å². The molecule has 1 heterocycles. The lowest BCUT2D eigenvalue weighted by molar-refractivity contribution is 0.0696. The Balaban J connectivity index is 1.22. The van der Waals surface area contributed by atoms with E-state index in [1.54, 1.807) is 12.1 Å². The van der Waals surface area contributed by atoms with Crippen LogP contribution in [0.1, 0.15) is 27.0 Å². The number of carboxylic acid groups (broad SMARTS) is 1. The molecule has 0 aromatic heterocycles. The number of benzene rings is 3. The molecule has 4 rings (SSSR count). The van der Waals surface area contributed by atoms with Gasteiger partial charge in [0.15, 0.2) is 0 Å². The Morgan fingerprint density at radius 3 is 2.00 bits per heavy atom. The number of carbonyl (C=O) groups is 1. The predicted molar refractivity (Wildman–Crippen MR) is 121 cm³/mol. The summed E-state index contributed by atoms with van der Waals surface area (Å²) in [5.74, 6) is 0.0177. The molecule has 0 aliphatic carbocycles. The average molecular weight is 417 g/mol. The summed E-state index contributed by atoms with van der Waals surface area (Å²) in [6.45, 7) is 6.28. The number of carboxylic acids is 1. The van der Waals surface area contributed by atoms with Gasteiger partial charge in [-0.3, -0.25) is 9.80 Å². The van der Waals surface area contributed by atoms with Crippen LogP contribution in [0.3, 0.4) is 0 Å². The summed E-state index contributed by atoms with van der Waals surface area (Å²) in [5.41, 5.74) is 3.86. The van der Waals surface area contributed by atoms with Crippen LogP contribution in [0, 0.1) is 0 Å². The molecule has 0 radical (unpaired) electrons. The number of hydrogen-bond acceptors (Lipinski definition) is 4. The van der Waals surface area contributed by atoms with Gasteiger partial charge in [-0.05, 0) is 41.0 Å². The van der Waals surface area contributed by atoms with Crippen LogP contribution in [-0.2, 0) is 19.7 Å². The second-order valence-corrected chi connectivity index (χ2v) is 7.98. The molecule has 31 heavy (non-hydrogen) atoms. The molecule has 0 saturated carbocycles. The maximum absolute atomic E-state index is 11.2. The van der Waals surface area contributed by atoms with Gasteiger partial charge in [-0.15, -0.1) is 0 Å². The van der Waals surface area contributed by atoms with Crippen LogP contribution in [0.25, 0.3) is 0 Å². The van der Waals surface area contributed by atoms with Gasteiger partial charge < -0.3 is 9.84 Å². The summed E-state index contributed by atoms with van der Waals surface area (Å²) >= 11 is 0. The van der Waals surface area contributed by atoms with E-state index in [1.807, 2.05) is 42.5 Å². The maximum atomic E-state index is 11.2. The van der Waals surface area contributed by atoms with Gasteiger partial charge >= 0.3 is 5.97 Å². The van der Waals surface area contributed by atoms with Gasteiger partial charge in [-0.1, -0.05) is 54.6 Å². The Kier molecular flexibility index (Phi) is 6.97. The molecule has 0 spiro atoms. The third-order valence-corrected chi connectivity index (χ3v) is 5.62. The predicted octanol–water partition coefficient (Wildman–Crippen LogP) is 4.28. The maximum Gasteiger partial charge on any atom is 0.335 e. The van der Waals surface area contributed by atoms with E-state index in [9.17, 15) is 4.79 Å². The van der Waals surface area contributed by atoms with Crippen molar-refractivity contribution in [2.75, 3.05) is 26.2 Å². The lowest BCUT2D eigenvalue weighted by atomic mass is 10.1. The molecule has 0 unspecified atom stereocenters. The van der Waals surface area contributed by atoms with Crippen LogP contribution in [0.4, 0.5) is 0 Å². The first-order chi connectivity index (χ1) is 15.2. The quantitative estimate of drug-likeness (QED) is 0.594. The Bertz CT molecular complexity index is 981. The Morgan fingerprint density at radius 1 is 0.742 bits per heavy atom. The summed E-state index contributed by atoms with van der Waals surface area (Å²) in [4.78, 5) is 16.0. The molecule has 0 amide bonds. The van der Waals surface area contributed by atoms with E-state index in [4.69, 9.17) is 9.84 Å². The number of aromatic carboxylic acids is 1. The van der Waals surface area contributed by atoms with Crippen molar-refractivity contribution in [2.45, 2.75) is 19.7 Å². The highest BCUT2D eigenvalue weighted by Gasteiger charge is 2.17. The van der Waals surface area contributed by atoms with Crippen molar-refractivity contribution in [2.24, 2.45) is 0 Å². The highest BCUT2D eigenvalue weighted by atomic mass is 16.5. The van der Waals surface area contributed by atoms with Crippen molar-refractivity contribution in [1.82, 2.24) is 9.80 Å². The van der Waals surface area contributed by atoms with Crippen LogP contribution in [-0.4, -0.2) is 47.1 Å². The molecule has 0 atom stereocenters. The molecule has 1 fully saturated rings. The van der Waals surface area contributed by atoms with Crippen LogP contribution >= 0.6 is 0 Å². The number of rotatable bonds is 8. The Labute approximate surface area is 183 Å². The molecule has 1 N–H and O–H groups in total. The lowest BCUT2D eigenvalue weighted by Crippen LogP contribution is -2.45. The number of piperazine rings is 1. The normalized spacial score (nSPS) is 15.0. The van der Waals surface area contributed by atoms with Crippen LogP contribution in [0.2, 0.25) is 0 Å². The molecule has 1 saturated heterocycles. The van der Waals surface area contributed by atoms with Gasteiger partial charge in [0.05, 0.1) is 5.56 Å². The van der Waals surface area contributed by atoms with Crippen molar-refractivity contribution < 1.29 is 14.6 Å². The standard InChI is InChI=1S/C26H28N2O3/c29-26(30)24-8-4-7-23(17-24)19-28-15-13-27(14-16-28)18-21-9-11-25(12-10-21)31-20-22-5-2-1-3-6-22/h1-12,17H,13-16,18-20H2,(H,29,30). The number of nitrogens with zero attached hydrogens (tertiary/aromatic N) is 2. The minimum atomic E-state index is -0.872. The van der Waals surface area contributed by atoms with Crippen molar-refractivity contribution in [1.29, 1.82) is 0 Å². The van der Waals surface area contributed by atoms with Crippen molar-refractivity contribution in [3.63, 3.8) is 0 Å². The molecule has 3 aromatic rings. The zero-order valence-corrected chi connectivity index (χ0v) is 17.6. The largest absolute Gasteiger partial charge is 0.489 e. The SMILES string of the molecule is O=C(O)c1cccc(CN2CCN(Cc3ccc(OCc4ccccc4)cc3)CC2)c1. The van der Waals surface area contributed by atoms with Gasteiger partial charge in [0, 0.05) is 39.3 Å². The van der Waals surface area contributed by atoms with E-state index in [-0.39, 0.29) is 0 Å². The molecule has 160 valence electrons. The first-order valence-corrected chi connectivity index (χ1v) is 10.7. The Morgan fingerprint density at radius 2 is 1.35 bits per heavy atom. The Hall–Kier alpha value is -3.15. The smallest absolute Gasteiger partial charge is 0.335 e. The molecule has 5 nitrogen and oxygen atoms in total. The van der Waals surface area contributed by atoms with Gasteiger partial charge in [0.1, 0.15) is 12.4 Å². The minimum Gasteiger partial charge on any atom is -0.489 e. The second-order valence-electron chi connectivity index (χ2n) is 7.98. The van der Waals surface area contributed by atoms with Gasteiger partial charge in [-0.25, -0.2) is 4.79 Å². The first kappa shape index (κ1) is 21.1. The van der Waals surface area contributed by atoms with Gasteiger partial charge in [-0.2, -0.15) is 0 Å². The van der Waals surface area contributed by atoms with E-state index >= 15 is 0 Å². The van der Waals surface area contributed by atoms with Gasteiger partial charge in [0.2, 0.25) is 0 Å². The highest BCUT2D eigenvalue weighted by molar-refractivity contribution is 5.87. The highest BCUT2D eigenvalue weighted by Crippen LogP contribution is 2.17. The molecule has 5 heteroatoms. The lowest BCUT2D eigenvalue weighted by Gasteiger charge is -2.34. The summed E-state index contributed by atoms with van der Waals surface area (Å²) in [5, 5.41) is 9.16. The third-order valence-electron chi connectivity index (χ3n) is 5.62. The number of hydrogen-bond donors (Lipinski definition) is 1. The third kappa shape index (κ3) is 6.17. The zero-order valence-electron chi connectivity index (χ0n) is 17.6. The van der Waals surface area contributed by atoms with E-state index < -0.39 is 5.97 Å². The van der Waals surface area contributed by atoms with E-state index in [2.05, 4.69) is 34.1 Å². The van der Waals surface area contributed by atoms with Crippen LogP contribution in [0.15, 0.2) is 78.9 Å². The topological polar surface area (TPSA) is 53.0 Å². The molecular formula is C26H28N2O3. The first-order valence-electron chi connectivity index (χ1n) is 10.7. The fourth-order valence-corrected chi connectivity index (χ4v) is 3.86. The summed E-state index contributed by atoms with van der Waals surface area (Å²) < 4.78 is 5.87.